The molecule has 2 fully saturated rings. The van der Waals surface area contributed by atoms with Gasteiger partial charge in [-0.2, -0.15) is 0 Å². The minimum absolute atomic E-state index is 0.766. The van der Waals surface area contributed by atoms with Gasteiger partial charge in [-0.05, 0) is 38.7 Å². The van der Waals surface area contributed by atoms with Gasteiger partial charge in [-0.1, -0.05) is 44.9 Å². The third kappa shape index (κ3) is 4.05. The van der Waals surface area contributed by atoms with Crippen molar-refractivity contribution in [1.82, 2.24) is 0 Å². The molecule has 2 nitrogen and oxygen atoms in total. The van der Waals surface area contributed by atoms with Crippen LogP contribution in [0.5, 0.6) is 0 Å². The van der Waals surface area contributed by atoms with Gasteiger partial charge in [0.2, 0.25) is 0 Å². The molecule has 0 atom stereocenters. The number of hydrogen-bond acceptors (Lipinski definition) is 2. The summed E-state index contributed by atoms with van der Waals surface area (Å²) in [4.78, 5) is 0. The van der Waals surface area contributed by atoms with Gasteiger partial charge in [0, 0.05) is 18.8 Å². The van der Waals surface area contributed by atoms with Crippen LogP contribution in [0.2, 0.25) is 11.6 Å². The maximum atomic E-state index is 6.39. The summed E-state index contributed by atoms with van der Waals surface area (Å²) in [5, 5.41) is 0. The molecule has 0 amide bonds. The van der Waals surface area contributed by atoms with Gasteiger partial charge < -0.3 is 8.85 Å². The van der Waals surface area contributed by atoms with Crippen molar-refractivity contribution in [1.29, 1.82) is 0 Å². The van der Waals surface area contributed by atoms with Crippen molar-refractivity contribution in [3.05, 3.63) is 0 Å². The van der Waals surface area contributed by atoms with Gasteiger partial charge >= 0.3 is 8.56 Å². The Bertz CT molecular complexity index is 239. The first-order chi connectivity index (χ1) is 9.30. The monoisotopic (exact) mass is 284 g/mol. The van der Waals surface area contributed by atoms with Crippen molar-refractivity contribution >= 4 is 8.56 Å². The van der Waals surface area contributed by atoms with Crippen LogP contribution in [0.4, 0.5) is 0 Å². The van der Waals surface area contributed by atoms with E-state index in [2.05, 4.69) is 13.8 Å². The predicted molar refractivity (Wildman–Crippen MR) is 82.6 cm³/mol. The Morgan fingerprint density at radius 1 is 0.789 bits per heavy atom. The first kappa shape index (κ1) is 15.5. The summed E-state index contributed by atoms with van der Waals surface area (Å²) in [7, 11) is -1.96. The topological polar surface area (TPSA) is 18.5 Å². The molecule has 2 rings (SSSR count). The summed E-state index contributed by atoms with van der Waals surface area (Å²) < 4.78 is 12.8. The lowest BCUT2D eigenvalue weighted by molar-refractivity contribution is 0.159. The zero-order valence-electron chi connectivity index (χ0n) is 13.0. The molecular formula is C16H32O2Si. The molecule has 0 aromatic rings. The maximum absolute atomic E-state index is 6.39. The van der Waals surface area contributed by atoms with Gasteiger partial charge in [0.1, 0.15) is 0 Å². The van der Waals surface area contributed by atoms with Crippen LogP contribution in [0, 0.1) is 5.92 Å². The van der Waals surface area contributed by atoms with Gasteiger partial charge in [-0.15, -0.1) is 0 Å². The van der Waals surface area contributed by atoms with Gasteiger partial charge in [0.25, 0.3) is 0 Å². The molecule has 2 aliphatic rings. The van der Waals surface area contributed by atoms with E-state index in [1.165, 1.54) is 63.8 Å². The molecule has 0 aromatic heterocycles. The van der Waals surface area contributed by atoms with Crippen molar-refractivity contribution in [2.45, 2.75) is 83.2 Å². The second-order valence-corrected chi connectivity index (χ2v) is 9.79. The Morgan fingerprint density at radius 3 is 1.84 bits per heavy atom. The highest BCUT2D eigenvalue weighted by molar-refractivity contribution is 6.69. The van der Waals surface area contributed by atoms with E-state index < -0.39 is 8.56 Å². The number of rotatable bonds is 7. The smallest absolute Gasteiger partial charge is 0.341 e. The lowest BCUT2D eigenvalue weighted by Crippen LogP contribution is -2.49. The Hall–Kier alpha value is 0.137. The first-order valence-electron chi connectivity index (χ1n) is 8.58. The molecular weight excluding hydrogens is 252 g/mol. The Kier molecular flexibility index (Phi) is 6.37. The molecule has 19 heavy (non-hydrogen) atoms. The third-order valence-corrected chi connectivity index (χ3v) is 9.57. The molecule has 0 heterocycles. The molecule has 0 aliphatic heterocycles. The fourth-order valence-corrected chi connectivity index (χ4v) is 8.81. The van der Waals surface area contributed by atoms with E-state index in [0.717, 1.165) is 24.7 Å². The summed E-state index contributed by atoms with van der Waals surface area (Å²) in [5.41, 5.74) is 0.766. The lowest BCUT2D eigenvalue weighted by Gasteiger charge is -2.40. The zero-order chi connectivity index (χ0) is 13.6. The van der Waals surface area contributed by atoms with Crippen molar-refractivity contribution in [3.63, 3.8) is 0 Å². The average molecular weight is 285 g/mol. The molecule has 3 heteroatoms. The van der Waals surface area contributed by atoms with Crippen molar-refractivity contribution in [3.8, 4) is 0 Å². The highest BCUT2D eigenvalue weighted by Gasteiger charge is 2.47. The minimum atomic E-state index is -1.96. The van der Waals surface area contributed by atoms with Gasteiger partial charge in [-0.3, -0.25) is 0 Å². The molecule has 0 spiro atoms. The minimum Gasteiger partial charge on any atom is -0.394 e. The van der Waals surface area contributed by atoms with E-state index in [4.69, 9.17) is 8.85 Å². The quantitative estimate of drug-likeness (QED) is 0.611. The van der Waals surface area contributed by atoms with Crippen molar-refractivity contribution in [2.24, 2.45) is 5.92 Å². The standard InChI is InChI=1S/C16H32O2Si/c1-3-17-19(18-4-2,14-15-10-8-9-11-15)16-12-6-5-7-13-16/h15-16H,3-14H2,1-2H3. The predicted octanol–water partition coefficient (Wildman–Crippen LogP) is 5.03. The van der Waals surface area contributed by atoms with E-state index in [-0.39, 0.29) is 0 Å². The van der Waals surface area contributed by atoms with E-state index in [1.54, 1.807) is 0 Å². The highest BCUT2D eigenvalue weighted by Crippen LogP contribution is 2.44. The third-order valence-electron chi connectivity index (χ3n) is 5.05. The fraction of sp³-hybridized carbons (Fsp3) is 1.00. The van der Waals surface area contributed by atoms with Gasteiger partial charge in [0.05, 0.1) is 0 Å². The van der Waals surface area contributed by atoms with Crippen LogP contribution in [0.15, 0.2) is 0 Å². The molecule has 0 N–H and O–H groups in total. The van der Waals surface area contributed by atoms with E-state index in [0.29, 0.717) is 0 Å². The summed E-state index contributed by atoms with van der Waals surface area (Å²) in [6.07, 6.45) is 12.6. The fourth-order valence-electron chi connectivity index (χ4n) is 4.21. The van der Waals surface area contributed by atoms with Crippen molar-refractivity contribution < 1.29 is 8.85 Å². The molecule has 112 valence electrons. The van der Waals surface area contributed by atoms with Crippen molar-refractivity contribution in [2.75, 3.05) is 13.2 Å². The molecule has 2 saturated carbocycles. The Balaban J connectivity index is 2.07. The van der Waals surface area contributed by atoms with Gasteiger partial charge in [-0.25, -0.2) is 0 Å². The summed E-state index contributed by atoms with van der Waals surface area (Å²) in [6, 6.07) is 1.28. The van der Waals surface area contributed by atoms with Gasteiger partial charge in [0.15, 0.2) is 0 Å². The van der Waals surface area contributed by atoms with E-state index >= 15 is 0 Å². The van der Waals surface area contributed by atoms with Crippen LogP contribution in [0.25, 0.3) is 0 Å². The van der Waals surface area contributed by atoms with E-state index in [9.17, 15) is 0 Å². The Morgan fingerprint density at radius 2 is 1.32 bits per heavy atom. The van der Waals surface area contributed by atoms with Crippen LogP contribution in [0.1, 0.15) is 71.6 Å². The zero-order valence-corrected chi connectivity index (χ0v) is 14.0. The molecule has 0 unspecified atom stereocenters. The highest BCUT2D eigenvalue weighted by atomic mass is 28.4. The SMILES string of the molecule is CCO[Si](CC1CCCC1)(OCC)C1CCCCC1. The van der Waals surface area contributed by atoms with E-state index in [1.807, 2.05) is 0 Å². The molecule has 0 aromatic carbocycles. The first-order valence-corrected chi connectivity index (χ1v) is 10.7. The largest absolute Gasteiger partial charge is 0.394 e. The summed E-state index contributed by atoms with van der Waals surface area (Å²) >= 11 is 0. The summed E-state index contributed by atoms with van der Waals surface area (Å²) in [6.45, 7) is 5.99. The lowest BCUT2D eigenvalue weighted by atomic mass is 10.0. The molecule has 0 bridgehead atoms. The number of hydrogen-bond donors (Lipinski definition) is 0. The maximum Gasteiger partial charge on any atom is 0.341 e. The average Bonchev–Trinajstić information content (AvgIpc) is 2.93. The van der Waals surface area contributed by atoms with Crippen LogP contribution < -0.4 is 0 Å². The second kappa shape index (κ2) is 7.80. The normalized spacial score (nSPS) is 23.1. The Labute approximate surface area is 120 Å². The van der Waals surface area contributed by atoms with Crippen LogP contribution in [-0.2, 0) is 8.85 Å². The molecule has 2 aliphatic carbocycles. The second-order valence-electron chi connectivity index (χ2n) is 6.37. The van der Waals surface area contributed by atoms with Crippen LogP contribution in [-0.4, -0.2) is 21.8 Å². The van der Waals surface area contributed by atoms with Crippen LogP contribution in [0.3, 0.4) is 0 Å². The summed E-state index contributed by atoms with van der Waals surface area (Å²) in [5.74, 6) is 0.895. The molecule has 0 saturated heterocycles. The van der Waals surface area contributed by atoms with Crippen LogP contribution >= 0.6 is 0 Å². The molecule has 0 radical (unpaired) electrons.